The molecular weight excluding hydrogens is 908 g/mol. The first-order chi connectivity index (χ1) is 26.4. The minimum absolute atomic E-state index is 0. The van der Waals surface area contributed by atoms with Gasteiger partial charge in [-0.15, -0.1) is 0 Å². The van der Waals surface area contributed by atoms with Gasteiger partial charge in [0, 0.05) is 0 Å². The minimum Gasteiger partial charge on any atom is -0.756 e. The van der Waals surface area contributed by atoms with E-state index in [1.807, 2.05) is 0 Å². The van der Waals surface area contributed by atoms with E-state index in [1.165, 1.54) is 0 Å². The molecule has 32 nitrogen and oxygen atoms in total. The van der Waals surface area contributed by atoms with E-state index in [-0.39, 0.29) is 90.5 Å². The summed E-state index contributed by atoms with van der Waals surface area (Å²) in [6.45, 7) is -2.48. The Kier molecular flexibility index (Phi) is 17.8. The Balaban J connectivity index is 0.00000320. The van der Waals surface area contributed by atoms with E-state index in [2.05, 4.69) is 56.2 Å². The van der Waals surface area contributed by atoms with Gasteiger partial charge in [-0.25, -0.2) is 52.0 Å². The van der Waals surface area contributed by atoms with Crippen LogP contribution in [0.3, 0.4) is 0 Å². The fraction of sp³-hybridized carbons (Fsp3) is 0.500. The van der Waals surface area contributed by atoms with Crippen molar-refractivity contribution in [2.45, 2.75) is 49.1 Å². The number of rotatable bonds is 16. The Labute approximate surface area is 369 Å². The van der Waals surface area contributed by atoms with Crippen molar-refractivity contribution in [2.24, 2.45) is 0 Å². The van der Waals surface area contributed by atoms with E-state index >= 15 is 0 Å². The Morgan fingerprint density at radius 1 is 0.583 bits per heavy atom. The first kappa shape index (κ1) is 53.3. The van der Waals surface area contributed by atoms with Crippen molar-refractivity contribution in [3.63, 3.8) is 0 Å². The number of aliphatic hydroxyl groups excluding tert-OH is 4. The van der Waals surface area contributed by atoms with Crippen molar-refractivity contribution in [3.05, 3.63) is 25.3 Å². The van der Waals surface area contributed by atoms with Crippen LogP contribution in [0.5, 0.6) is 0 Å². The average Bonchev–Trinajstić information content (AvgIpc) is 3.83. The molecule has 4 aromatic heterocycles. The summed E-state index contributed by atoms with van der Waals surface area (Å²) >= 11 is 0. The summed E-state index contributed by atoms with van der Waals surface area (Å²) in [7, 11) is -32.1. The van der Waals surface area contributed by atoms with Crippen molar-refractivity contribution >= 4 is 73.1 Å². The molecule has 0 spiro atoms. The smallest absolute Gasteiger partial charge is 0.756 e. The predicted molar refractivity (Wildman–Crippen MR) is 170 cm³/mol. The van der Waals surface area contributed by atoms with E-state index in [1.54, 1.807) is 0 Å². The number of ether oxygens (including phenoxy) is 2. The number of nitrogens with two attached hydrogens (primary N) is 2. The molecule has 0 radical (unpaired) electrons. The van der Waals surface area contributed by atoms with Gasteiger partial charge in [-0.1, -0.05) is 0 Å². The third-order valence-electron chi connectivity index (χ3n) is 7.61. The van der Waals surface area contributed by atoms with Crippen LogP contribution in [0.4, 0.5) is 11.6 Å². The Morgan fingerprint density at radius 2 is 0.983 bits per heavy atom. The van der Waals surface area contributed by atoms with E-state index < -0.39 is 101 Å². The number of phosphoric ester groups is 2. The van der Waals surface area contributed by atoms with Gasteiger partial charge in [-0.05, 0) is 0 Å². The van der Waals surface area contributed by atoms with Crippen molar-refractivity contribution in [1.29, 1.82) is 0 Å². The molecule has 0 saturated carbocycles. The number of hydrogen-bond acceptors (Lipinski definition) is 28. The molecule has 0 amide bonds. The van der Waals surface area contributed by atoms with Crippen LogP contribution in [0.25, 0.3) is 22.3 Å². The third kappa shape index (κ3) is 12.2. The second kappa shape index (κ2) is 20.0. The zero-order valence-corrected chi connectivity index (χ0v) is 35.0. The summed E-state index contributed by atoms with van der Waals surface area (Å²) in [5.41, 5.74) is 11.6. The molecular formula is C20H26Li3N10O22P5. The summed E-state index contributed by atoms with van der Waals surface area (Å²) in [4.78, 5) is 79.3. The van der Waals surface area contributed by atoms with E-state index in [0.717, 1.165) is 34.4 Å². The second-order valence-corrected chi connectivity index (χ2v) is 19.1. The van der Waals surface area contributed by atoms with Crippen molar-refractivity contribution in [2.75, 3.05) is 24.7 Å². The molecule has 6 heterocycles. The van der Waals surface area contributed by atoms with Gasteiger partial charge in [0.05, 0.1) is 25.9 Å². The first-order valence-corrected chi connectivity index (χ1v) is 22.4. The van der Waals surface area contributed by atoms with Gasteiger partial charge >= 0.3 is 72.2 Å². The summed E-state index contributed by atoms with van der Waals surface area (Å²) in [6, 6.07) is 0. The molecule has 13 unspecified atom stereocenters. The third-order valence-corrected chi connectivity index (χ3v) is 15.0. The number of anilines is 2. The average molecular weight is 934 g/mol. The fourth-order valence-corrected chi connectivity index (χ4v) is 11.5. The van der Waals surface area contributed by atoms with E-state index in [0.29, 0.717) is 0 Å². The normalized spacial score (nSPS) is 29.2. The van der Waals surface area contributed by atoms with Crippen molar-refractivity contribution < 1.29 is 160 Å². The molecule has 4 aromatic rings. The van der Waals surface area contributed by atoms with Gasteiger partial charge in [-0.3, -0.25) is 27.4 Å². The number of nitrogens with zero attached hydrogens (tertiary/aromatic N) is 8. The SMILES string of the molecule is Nc1ncnc2c1ncn2C1OC(COP(=O)([O-])OP(=O)([O-])OP(=O)([O-])OP(=O)(O)OP(=O)(O)OCC2OC(n3cnc4c(N)ncnc43)C(O)C2O)C(O)C1O.[Li+].[Li+].[Li+]. The number of nitrogen functional groups attached to an aromatic ring is 2. The zero-order chi connectivity index (χ0) is 41.9. The molecule has 2 aliphatic heterocycles. The summed E-state index contributed by atoms with van der Waals surface area (Å²) in [5.74, 6) is -0.106. The maximum Gasteiger partial charge on any atom is 1.00 e. The summed E-state index contributed by atoms with van der Waals surface area (Å²) in [6.07, 6.45) is -9.40. The fourth-order valence-electron chi connectivity index (χ4n) is 5.23. The second-order valence-electron chi connectivity index (χ2n) is 11.5. The van der Waals surface area contributed by atoms with Gasteiger partial charge in [0.25, 0.3) is 23.5 Å². The topological polar surface area (TPSA) is 489 Å². The number of fused-ring (bicyclic) bond motifs is 2. The van der Waals surface area contributed by atoms with E-state index in [9.17, 15) is 67.7 Å². The Bertz CT molecular complexity index is 2250. The predicted octanol–water partition coefficient (Wildman–Crippen LogP) is -13.2. The molecule has 2 saturated heterocycles. The molecule has 6 rings (SSSR count). The monoisotopic (exact) mass is 934 g/mol. The minimum atomic E-state index is -6.79. The number of aromatic nitrogens is 8. The Morgan fingerprint density at radius 3 is 1.43 bits per heavy atom. The molecule has 13 atom stereocenters. The van der Waals surface area contributed by atoms with Gasteiger partial charge < -0.3 is 70.4 Å². The van der Waals surface area contributed by atoms with Gasteiger partial charge in [0.2, 0.25) is 0 Å². The molecule has 60 heavy (non-hydrogen) atoms. The number of hydrogen-bond donors (Lipinski definition) is 8. The van der Waals surface area contributed by atoms with Gasteiger partial charge in [-0.2, -0.15) is 4.31 Å². The number of aliphatic hydroxyl groups is 4. The molecule has 0 bridgehead atoms. The van der Waals surface area contributed by atoms with E-state index in [4.69, 9.17) is 20.9 Å². The van der Waals surface area contributed by atoms with Crippen LogP contribution in [0.15, 0.2) is 25.3 Å². The van der Waals surface area contributed by atoms with Crippen LogP contribution in [0.2, 0.25) is 0 Å². The molecule has 40 heteroatoms. The summed E-state index contributed by atoms with van der Waals surface area (Å²) < 4.78 is 97.1. The van der Waals surface area contributed by atoms with Crippen molar-refractivity contribution in [3.8, 4) is 0 Å². The van der Waals surface area contributed by atoms with Crippen LogP contribution >= 0.6 is 39.1 Å². The largest absolute Gasteiger partial charge is 1.00 e. The molecule has 0 aliphatic carbocycles. The maximum atomic E-state index is 12.4. The van der Waals surface area contributed by atoms with Crippen molar-refractivity contribution in [1.82, 2.24) is 39.0 Å². The molecule has 10 N–H and O–H groups in total. The quantitative estimate of drug-likeness (QED) is 0.0382. The van der Waals surface area contributed by atoms with Gasteiger partial charge in [0.1, 0.15) is 60.3 Å². The summed E-state index contributed by atoms with van der Waals surface area (Å²) in [5, 5.41) is 41.7. The molecule has 2 fully saturated rings. The van der Waals surface area contributed by atoms with Gasteiger partial charge in [0.15, 0.2) is 35.4 Å². The maximum absolute atomic E-state index is 12.4. The molecule has 0 aromatic carbocycles. The van der Waals surface area contributed by atoms with Crippen LogP contribution in [0, 0.1) is 0 Å². The van der Waals surface area contributed by atoms with Crippen LogP contribution in [-0.4, -0.2) is 119 Å². The molecule has 316 valence electrons. The zero-order valence-electron chi connectivity index (χ0n) is 30.5. The standard InChI is InChI=1S/C20H29N10O22P5.3Li/c21-15-9-17(25-3-23-15)29(5-27-9)19-13(33)11(31)7(47-19)1-45-53(35,36)49-55(39,40)51-57(43,44)52-56(41,42)50-54(37,38)46-2-8-12(32)14(34)20(48-8)30-6-28-10-16(22)24-4-26-18(10)30;;;/h3-8,11-14,19-20,31-34H,1-2H2,(H,35,36)(H,37,38)(H,39,40)(H,41,42)(H,43,44)(H2,21,23,25)(H2,22,24,26);;;/q;3*+1/p-3. The number of imidazole rings is 2. The molecule has 2 aliphatic rings. The van der Waals surface area contributed by atoms with Crippen LogP contribution in [0.1, 0.15) is 12.5 Å². The van der Waals surface area contributed by atoms with Crippen LogP contribution in [-0.2, 0) is 58.6 Å². The van der Waals surface area contributed by atoms with Crippen LogP contribution < -0.4 is 82.7 Å². The Hall–Kier alpha value is -1.04. The number of phosphoric acid groups is 5. The first-order valence-electron chi connectivity index (χ1n) is 15.0.